The van der Waals surface area contributed by atoms with Crippen molar-refractivity contribution in [1.29, 1.82) is 0 Å². The fourth-order valence-electron chi connectivity index (χ4n) is 2.24. The summed E-state index contributed by atoms with van der Waals surface area (Å²) in [6.07, 6.45) is 0.888. The van der Waals surface area contributed by atoms with Crippen LogP contribution in [0, 0.1) is 5.41 Å². The standard InChI is InChI=1S/C14H18O/c1-9(2)10-5-6-11-8-14(3,4)13(15)12(11)7-10/h5-7,9H,8H2,1-4H3. The summed E-state index contributed by atoms with van der Waals surface area (Å²) >= 11 is 0. The van der Waals surface area contributed by atoms with Crippen molar-refractivity contribution in [2.45, 2.75) is 40.0 Å². The molecule has 1 aromatic rings. The van der Waals surface area contributed by atoms with Gasteiger partial charge in [-0.1, -0.05) is 39.8 Å². The van der Waals surface area contributed by atoms with E-state index in [1.165, 1.54) is 11.1 Å². The SMILES string of the molecule is CC(C)c1ccc2c(c1)C(=O)C(C)(C)C2. The predicted octanol–water partition coefficient (Wildman–Crippen LogP) is 3.58. The molecule has 0 aromatic heterocycles. The summed E-state index contributed by atoms with van der Waals surface area (Å²) in [4.78, 5) is 12.1. The molecule has 15 heavy (non-hydrogen) atoms. The first-order valence-electron chi connectivity index (χ1n) is 5.59. The van der Waals surface area contributed by atoms with Gasteiger partial charge < -0.3 is 0 Å². The molecule has 0 amide bonds. The van der Waals surface area contributed by atoms with Crippen LogP contribution in [0.2, 0.25) is 0 Å². The fourth-order valence-corrected chi connectivity index (χ4v) is 2.24. The summed E-state index contributed by atoms with van der Waals surface area (Å²) in [6.45, 7) is 8.38. The molecular weight excluding hydrogens is 184 g/mol. The van der Waals surface area contributed by atoms with Crippen molar-refractivity contribution in [2.24, 2.45) is 5.41 Å². The maximum absolute atomic E-state index is 12.1. The predicted molar refractivity (Wildman–Crippen MR) is 62.3 cm³/mol. The minimum absolute atomic E-state index is 0.196. The quantitative estimate of drug-likeness (QED) is 0.680. The van der Waals surface area contributed by atoms with Gasteiger partial charge in [-0.25, -0.2) is 0 Å². The summed E-state index contributed by atoms with van der Waals surface area (Å²) in [6, 6.07) is 6.35. The summed E-state index contributed by atoms with van der Waals surface area (Å²) in [7, 11) is 0. The minimum Gasteiger partial charge on any atom is -0.294 e. The van der Waals surface area contributed by atoms with Gasteiger partial charge in [0, 0.05) is 11.0 Å². The van der Waals surface area contributed by atoms with Crippen molar-refractivity contribution in [3.63, 3.8) is 0 Å². The van der Waals surface area contributed by atoms with Crippen LogP contribution in [-0.4, -0.2) is 5.78 Å². The second-order valence-electron chi connectivity index (χ2n) is 5.46. The number of carbonyl (C=O) groups is 1. The number of Topliss-reactive ketones (excluding diaryl/α,β-unsaturated/α-hetero) is 1. The van der Waals surface area contributed by atoms with Gasteiger partial charge in [-0.05, 0) is 29.5 Å². The van der Waals surface area contributed by atoms with Gasteiger partial charge in [0.25, 0.3) is 0 Å². The van der Waals surface area contributed by atoms with Crippen LogP contribution in [0.5, 0.6) is 0 Å². The number of benzene rings is 1. The average Bonchev–Trinajstić information content (AvgIpc) is 2.37. The molecule has 0 saturated heterocycles. The first-order chi connectivity index (χ1) is 6.92. The molecule has 1 aliphatic carbocycles. The minimum atomic E-state index is -0.196. The number of fused-ring (bicyclic) bond motifs is 1. The molecule has 0 spiro atoms. The third-order valence-electron chi connectivity index (χ3n) is 3.29. The first kappa shape index (κ1) is 10.4. The Hall–Kier alpha value is -1.11. The van der Waals surface area contributed by atoms with Crippen molar-refractivity contribution in [3.05, 3.63) is 34.9 Å². The lowest BCUT2D eigenvalue weighted by atomic mass is 9.89. The highest BCUT2D eigenvalue weighted by Gasteiger charge is 2.37. The van der Waals surface area contributed by atoms with Gasteiger partial charge in [-0.15, -0.1) is 0 Å². The highest BCUT2D eigenvalue weighted by Crippen LogP contribution is 2.37. The molecule has 0 aliphatic heterocycles. The van der Waals surface area contributed by atoms with Crippen LogP contribution in [0.3, 0.4) is 0 Å². The molecule has 0 fully saturated rings. The van der Waals surface area contributed by atoms with Gasteiger partial charge in [0.1, 0.15) is 0 Å². The molecule has 2 rings (SSSR count). The maximum Gasteiger partial charge on any atom is 0.169 e. The number of ketones is 1. The maximum atomic E-state index is 12.1. The molecule has 0 unspecified atom stereocenters. The second-order valence-corrected chi connectivity index (χ2v) is 5.46. The zero-order chi connectivity index (χ0) is 11.2. The van der Waals surface area contributed by atoms with Gasteiger partial charge in [-0.3, -0.25) is 4.79 Å². The molecule has 80 valence electrons. The average molecular weight is 202 g/mol. The largest absolute Gasteiger partial charge is 0.294 e. The van der Waals surface area contributed by atoms with Crippen LogP contribution >= 0.6 is 0 Å². The highest BCUT2D eigenvalue weighted by molar-refractivity contribution is 6.04. The molecule has 0 radical (unpaired) electrons. The van der Waals surface area contributed by atoms with E-state index in [4.69, 9.17) is 0 Å². The topological polar surface area (TPSA) is 17.1 Å². The molecule has 0 saturated carbocycles. The summed E-state index contributed by atoms with van der Waals surface area (Å²) in [5, 5.41) is 0. The van der Waals surface area contributed by atoms with Gasteiger partial charge in [0.2, 0.25) is 0 Å². The highest BCUT2D eigenvalue weighted by atomic mass is 16.1. The van der Waals surface area contributed by atoms with Crippen LogP contribution < -0.4 is 0 Å². The monoisotopic (exact) mass is 202 g/mol. The molecule has 1 heteroatoms. The van der Waals surface area contributed by atoms with E-state index in [2.05, 4.69) is 32.0 Å². The molecule has 1 aromatic carbocycles. The van der Waals surface area contributed by atoms with E-state index in [9.17, 15) is 4.79 Å². The number of carbonyl (C=O) groups excluding carboxylic acids is 1. The molecule has 1 nitrogen and oxygen atoms in total. The van der Waals surface area contributed by atoms with Crippen molar-refractivity contribution in [2.75, 3.05) is 0 Å². The lowest BCUT2D eigenvalue weighted by Crippen LogP contribution is -2.18. The lowest BCUT2D eigenvalue weighted by Gasteiger charge is -2.13. The lowest BCUT2D eigenvalue weighted by molar-refractivity contribution is 0.0863. The Morgan fingerprint density at radius 2 is 1.93 bits per heavy atom. The Labute approximate surface area is 91.5 Å². The normalized spacial score (nSPS) is 18.3. The molecule has 0 bridgehead atoms. The molecular formula is C14H18O. The Morgan fingerprint density at radius 3 is 2.53 bits per heavy atom. The summed E-state index contributed by atoms with van der Waals surface area (Å²) in [5.74, 6) is 0.798. The van der Waals surface area contributed by atoms with Gasteiger partial charge in [-0.2, -0.15) is 0 Å². The molecule has 0 atom stereocenters. The fraction of sp³-hybridized carbons (Fsp3) is 0.500. The van der Waals surface area contributed by atoms with E-state index in [1.54, 1.807) is 0 Å². The van der Waals surface area contributed by atoms with E-state index < -0.39 is 0 Å². The Bertz CT molecular complexity index is 413. The van der Waals surface area contributed by atoms with Crippen LogP contribution in [0.25, 0.3) is 0 Å². The molecule has 1 aliphatic rings. The van der Waals surface area contributed by atoms with E-state index in [-0.39, 0.29) is 5.41 Å². The number of hydrogen-bond acceptors (Lipinski definition) is 1. The Morgan fingerprint density at radius 1 is 1.27 bits per heavy atom. The second kappa shape index (κ2) is 3.19. The van der Waals surface area contributed by atoms with E-state index in [1.807, 2.05) is 13.8 Å². The third-order valence-corrected chi connectivity index (χ3v) is 3.29. The first-order valence-corrected chi connectivity index (χ1v) is 5.59. The zero-order valence-corrected chi connectivity index (χ0v) is 9.92. The zero-order valence-electron chi connectivity index (χ0n) is 9.92. The Balaban J connectivity index is 2.49. The van der Waals surface area contributed by atoms with E-state index in [0.29, 0.717) is 11.7 Å². The summed E-state index contributed by atoms with van der Waals surface area (Å²) in [5.41, 5.74) is 3.23. The smallest absolute Gasteiger partial charge is 0.169 e. The van der Waals surface area contributed by atoms with Crippen LogP contribution in [-0.2, 0) is 6.42 Å². The van der Waals surface area contributed by atoms with Gasteiger partial charge in [0.05, 0.1) is 0 Å². The van der Waals surface area contributed by atoms with E-state index in [0.717, 1.165) is 12.0 Å². The van der Waals surface area contributed by atoms with Crippen LogP contribution in [0.4, 0.5) is 0 Å². The number of rotatable bonds is 1. The van der Waals surface area contributed by atoms with Crippen LogP contribution in [0.15, 0.2) is 18.2 Å². The van der Waals surface area contributed by atoms with Crippen molar-refractivity contribution in [3.8, 4) is 0 Å². The number of hydrogen-bond donors (Lipinski definition) is 0. The van der Waals surface area contributed by atoms with Crippen molar-refractivity contribution < 1.29 is 4.79 Å². The van der Waals surface area contributed by atoms with Crippen LogP contribution in [0.1, 0.15) is 55.1 Å². The molecule has 0 N–H and O–H groups in total. The molecule has 0 heterocycles. The Kier molecular flexibility index (Phi) is 2.22. The van der Waals surface area contributed by atoms with Gasteiger partial charge in [0.15, 0.2) is 5.78 Å². The third kappa shape index (κ3) is 1.60. The van der Waals surface area contributed by atoms with E-state index >= 15 is 0 Å². The van der Waals surface area contributed by atoms with Crippen molar-refractivity contribution >= 4 is 5.78 Å². The van der Waals surface area contributed by atoms with Crippen molar-refractivity contribution in [1.82, 2.24) is 0 Å². The summed E-state index contributed by atoms with van der Waals surface area (Å²) < 4.78 is 0. The van der Waals surface area contributed by atoms with Gasteiger partial charge >= 0.3 is 0 Å².